The number of carbonyl (C=O) groups excluding carboxylic acids is 1. The smallest absolute Gasteiger partial charge is 0.306 e. The topological polar surface area (TPSA) is 92.9 Å². The van der Waals surface area contributed by atoms with E-state index >= 15 is 0 Å². The Labute approximate surface area is 193 Å². The number of rotatable bonds is 8. The Balaban J connectivity index is 1.38. The minimum atomic E-state index is -0.868. The molecule has 1 N–H and O–H groups in total. The maximum atomic E-state index is 13.0. The fourth-order valence-corrected chi connectivity index (χ4v) is 4.09. The van der Waals surface area contributed by atoms with Crippen molar-refractivity contribution in [3.05, 3.63) is 77.2 Å². The standard InChI is InChI=1S/C26H28N2O5/c1-17-6-3-4-8-23(17)32-21-11-9-19(10-12-21)15-25(29)28-13-5-7-22(28)24-16-20(27-33-24)14-18(2)26(30)31/h3-4,6,8-12,16,18,22H,5,7,13-15H2,1-2H3,(H,30,31). The van der Waals surface area contributed by atoms with Crippen molar-refractivity contribution in [2.45, 2.75) is 45.6 Å². The zero-order valence-electron chi connectivity index (χ0n) is 18.9. The van der Waals surface area contributed by atoms with E-state index < -0.39 is 11.9 Å². The van der Waals surface area contributed by atoms with Crippen molar-refractivity contribution in [1.82, 2.24) is 10.1 Å². The zero-order chi connectivity index (χ0) is 23.4. The molecule has 1 aliphatic heterocycles. The largest absolute Gasteiger partial charge is 0.481 e. The van der Waals surface area contributed by atoms with Crippen LogP contribution in [0.4, 0.5) is 0 Å². The highest BCUT2D eigenvalue weighted by atomic mass is 16.5. The molecule has 1 amide bonds. The Bertz CT molecular complexity index is 1120. The Hall–Kier alpha value is -3.61. The number of aryl methyl sites for hydroxylation is 1. The Morgan fingerprint density at radius 1 is 1.21 bits per heavy atom. The predicted molar refractivity (Wildman–Crippen MR) is 122 cm³/mol. The molecule has 2 atom stereocenters. The highest BCUT2D eigenvalue weighted by Crippen LogP contribution is 2.33. The Morgan fingerprint density at radius 2 is 1.97 bits per heavy atom. The average molecular weight is 449 g/mol. The molecule has 172 valence electrons. The van der Waals surface area contributed by atoms with Crippen LogP contribution in [0.1, 0.15) is 48.4 Å². The number of carboxylic acid groups (broad SMARTS) is 1. The monoisotopic (exact) mass is 448 g/mol. The number of likely N-dealkylation sites (tertiary alicyclic amines) is 1. The third kappa shape index (κ3) is 5.42. The Kier molecular flexibility index (Phi) is 6.77. The molecule has 1 fully saturated rings. The van der Waals surface area contributed by atoms with E-state index in [-0.39, 0.29) is 18.4 Å². The normalized spacial score (nSPS) is 16.5. The first-order valence-electron chi connectivity index (χ1n) is 11.2. The number of aliphatic carboxylic acids is 1. The molecule has 0 saturated carbocycles. The fraction of sp³-hybridized carbons (Fsp3) is 0.346. The lowest BCUT2D eigenvalue weighted by Crippen LogP contribution is -2.31. The first kappa shape index (κ1) is 22.6. The van der Waals surface area contributed by atoms with Crippen molar-refractivity contribution in [3.63, 3.8) is 0 Å². The first-order chi connectivity index (χ1) is 15.9. The van der Waals surface area contributed by atoms with Crippen LogP contribution in [0.3, 0.4) is 0 Å². The number of nitrogens with zero attached hydrogens (tertiary/aromatic N) is 2. The summed E-state index contributed by atoms with van der Waals surface area (Å²) in [5.41, 5.74) is 2.57. The first-order valence-corrected chi connectivity index (χ1v) is 11.2. The third-order valence-corrected chi connectivity index (χ3v) is 6.02. The highest BCUT2D eigenvalue weighted by molar-refractivity contribution is 5.79. The lowest BCUT2D eigenvalue weighted by Gasteiger charge is -2.22. The van der Waals surface area contributed by atoms with Gasteiger partial charge in [-0.3, -0.25) is 9.59 Å². The SMILES string of the molecule is Cc1ccccc1Oc1ccc(CC(=O)N2CCCC2c2cc(CC(C)C(=O)O)no2)cc1. The molecule has 0 bridgehead atoms. The minimum Gasteiger partial charge on any atom is -0.481 e. The molecule has 2 unspecified atom stereocenters. The molecule has 1 aromatic heterocycles. The second-order valence-electron chi connectivity index (χ2n) is 8.60. The van der Waals surface area contributed by atoms with Crippen LogP contribution >= 0.6 is 0 Å². The number of hydrogen-bond donors (Lipinski definition) is 1. The lowest BCUT2D eigenvalue weighted by atomic mass is 10.0. The van der Waals surface area contributed by atoms with Crippen LogP contribution in [-0.4, -0.2) is 33.6 Å². The van der Waals surface area contributed by atoms with Gasteiger partial charge in [0.2, 0.25) is 5.91 Å². The molecular formula is C26H28N2O5. The van der Waals surface area contributed by atoms with Crippen LogP contribution in [0, 0.1) is 12.8 Å². The zero-order valence-corrected chi connectivity index (χ0v) is 18.9. The van der Waals surface area contributed by atoms with E-state index in [1.165, 1.54) is 0 Å². The molecule has 7 heteroatoms. The van der Waals surface area contributed by atoms with E-state index in [0.29, 0.717) is 24.4 Å². The van der Waals surface area contributed by atoms with Gasteiger partial charge in [-0.2, -0.15) is 0 Å². The van der Waals surface area contributed by atoms with Gasteiger partial charge in [-0.1, -0.05) is 42.4 Å². The van der Waals surface area contributed by atoms with E-state index in [1.807, 2.05) is 60.4 Å². The molecule has 0 radical (unpaired) electrons. The molecule has 2 aromatic carbocycles. The van der Waals surface area contributed by atoms with Crippen LogP contribution < -0.4 is 4.74 Å². The fourth-order valence-electron chi connectivity index (χ4n) is 4.09. The van der Waals surface area contributed by atoms with Gasteiger partial charge in [-0.25, -0.2) is 0 Å². The van der Waals surface area contributed by atoms with Gasteiger partial charge in [0.1, 0.15) is 11.5 Å². The maximum Gasteiger partial charge on any atom is 0.306 e. The molecular weight excluding hydrogens is 420 g/mol. The van der Waals surface area contributed by atoms with Crippen molar-refractivity contribution < 1.29 is 24.0 Å². The Morgan fingerprint density at radius 3 is 2.70 bits per heavy atom. The van der Waals surface area contributed by atoms with E-state index in [1.54, 1.807) is 13.0 Å². The molecule has 1 aliphatic rings. The van der Waals surface area contributed by atoms with Gasteiger partial charge in [-0.15, -0.1) is 0 Å². The number of benzene rings is 2. The van der Waals surface area contributed by atoms with Gasteiger partial charge < -0.3 is 19.3 Å². The van der Waals surface area contributed by atoms with Crippen LogP contribution in [0.2, 0.25) is 0 Å². The molecule has 4 rings (SSSR count). The number of carbonyl (C=O) groups is 2. The number of amides is 1. The quantitative estimate of drug-likeness (QED) is 0.524. The summed E-state index contributed by atoms with van der Waals surface area (Å²) in [5, 5.41) is 13.1. The molecule has 7 nitrogen and oxygen atoms in total. The summed E-state index contributed by atoms with van der Waals surface area (Å²) < 4.78 is 11.4. The number of ether oxygens (including phenoxy) is 1. The maximum absolute atomic E-state index is 13.0. The van der Waals surface area contributed by atoms with Gasteiger partial charge in [0.15, 0.2) is 5.76 Å². The average Bonchev–Trinajstić information content (AvgIpc) is 3.46. The molecule has 0 aliphatic carbocycles. The van der Waals surface area contributed by atoms with E-state index in [2.05, 4.69) is 5.16 Å². The summed E-state index contributed by atoms with van der Waals surface area (Å²) in [4.78, 5) is 26.0. The molecule has 1 saturated heterocycles. The highest BCUT2D eigenvalue weighted by Gasteiger charge is 2.33. The van der Waals surface area contributed by atoms with Crippen LogP contribution in [0.25, 0.3) is 0 Å². The molecule has 0 spiro atoms. The summed E-state index contributed by atoms with van der Waals surface area (Å²) in [6, 6.07) is 17.0. The van der Waals surface area contributed by atoms with Gasteiger partial charge in [0.05, 0.1) is 24.1 Å². The third-order valence-electron chi connectivity index (χ3n) is 6.02. The van der Waals surface area contributed by atoms with E-state index in [4.69, 9.17) is 14.4 Å². The van der Waals surface area contributed by atoms with Gasteiger partial charge >= 0.3 is 5.97 Å². The second-order valence-corrected chi connectivity index (χ2v) is 8.60. The van der Waals surface area contributed by atoms with Crippen molar-refractivity contribution in [2.75, 3.05) is 6.54 Å². The van der Waals surface area contributed by atoms with Gasteiger partial charge in [0, 0.05) is 19.0 Å². The second kappa shape index (κ2) is 9.90. The number of carboxylic acids is 1. The van der Waals surface area contributed by atoms with Crippen LogP contribution in [0.15, 0.2) is 59.1 Å². The minimum absolute atomic E-state index is 0.0296. The summed E-state index contributed by atoms with van der Waals surface area (Å²) in [6.07, 6.45) is 2.29. The summed E-state index contributed by atoms with van der Waals surface area (Å²) in [7, 11) is 0. The van der Waals surface area contributed by atoms with Crippen molar-refractivity contribution in [3.8, 4) is 11.5 Å². The summed E-state index contributed by atoms with van der Waals surface area (Å²) >= 11 is 0. The summed E-state index contributed by atoms with van der Waals surface area (Å²) in [6.45, 7) is 4.30. The molecule has 33 heavy (non-hydrogen) atoms. The van der Waals surface area contributed by atoms with E-state index in [9.17, 15) is 9.59 Å². The van der Waals surface area contributed by atoms with Gasteiger partial charge in [-0.05, 0) is 49.1 Å². The van der Waals surface area contributed by atoms with E-state index in [0.717, 1.165) is 35.5 Å². The van der Waals surface area contributed by atoms with Gasteiger partial charge in [0.25, 0.3) is 0 Å². The lowest BCUT2D eigenvalue weighted by molar-refractivity contribution is -0.141. The molecule has 2 heterocycles. The van der Waals surface area contributed by atoms with Crippen LogP contribution in [-0.2, 0) is 22.4 Å². The predicted octanol–water partition coefficient (Wildman–Crippen LogP) is 4.94. The van der Waals surface area contributed by atoms with Crippen molar-refractivity contribution in [1.29, 1.82) is 0 Å². The van der Waals surface area contributed by atoms with Crippen molar-refractivity contribution in [2.24, 2.45) is 5.92 Å². The van der Waals surface area contributed by atoms with Crippen molar-refractivity contribution >= 4 is 11.9 Å². The number of para-hydroxylation sites is 1. The molecule has 3 aromatic rings. The number of hydrogen-bond acceptors (Lipinski definition) is 5. The van der Waals surface area contributed by atoms with Crippen LogP contribution in [0.5, 0.6) is 11.5 Å². The number of aromatic nitrogens is 1. The summed E-state index contributed by atoms with van der Waals surface area (Å²) in [5.74, 6) is 0.779.